The topological polar surface area (TPSA) is 20.3 Å². The van der Waals surface area contributed by atoms with Gasteiger partial charge in [0.05, 0.1) is 6.54 Å². The quantitative estimate of drug-likeness (QED) is 0.752. The van der Waals surface area contributed by atoms with E-state index in [1.807, 2.05) is 49.4 Å². The lowest BCUT2D eigenvalue weighted by Gasteiger charge is -2.18. The van der Waals surface area contributed by atoms with Crippen molar-refractivity contribution in [2.45, 2.75) is 6.92 Å². The normalized spacial score (nSPS) is 10.0. The predicted molar refractivity (Wildman–Crippen MR) is 74.4 cm³/mol. The molecule has 0 aliphatic heterocycles. The molecule has 0 spiro atoms. The number of benzene rings is 2. The zero-order valence-electron chi connectivity index (χ0n) is 10.4. The van der Waals surface area contributed by atoms with Gasteiger partial charge in [-0.25, -0.2) is 0 Å². The molecular weight excluding hydrogens is 222 g/mol. The monoisotopic (exact) mass is 237 g/mol. The SMILES string of the molecule is C#CCN(CC)C(=O)c1ccc2ccccc2c1. The summed E-state index contributed by atoms with van der Waals surface area (Å²) in [5, 5.41) is 2.20. The smallest absolute Gasteiger partial charge is 0.254 e. The van der Waals surface area contributed by atoms with Crippen LogP contribution in [0.1, 0.15) is 17.3 Å². The Labute approximate surface area is 107 Å². The van der Waals surface area contributed by atoms with Gasteiger partial charge in [0.15, 0.2) is 0 Å². The molecule has 0 aliphatic carbocycles. The van der Waals surface area contributed by atoms with Crippen LogP contribution in [0.4, 0.5) is 0 Å². The van der Waals surface area contributed by atoms with Gasteiger partial charge in [0.2, 0.25) is 0 Å². The molecule has 0 bridgehead atoms. The molecule has 2 aromatic rings. The minimum absolute atomic E-state index is 0.0128. The summed E-state index contributed by atoms with van der Waals surface area (Å²) in [6, 6.07) is 13.7. The van der Waals surface area contributed by atoms with Crippen molar-refractivity contribution in [3.05, 3.63) is 48.0 Å². The number of hydrogen-bond donors (Lipinski definition) is 0. The van der Waals surface area contributed by atoms with Crippen molar-refractivity contribution in [3.63, 3.8) is 0 Å². The zero-order valence-corrected chi connectivity index (χ0v) is 10.4. The molecule has 90 valence electrons. The third kappa shape index (κ3) is 2.36. The van der Waals surface area contributed by atoms with Crippen LogP contribution in [-0.2, 0) is 0 Å². The molecule has 0 fully saturated rings. The maximum Gasteiger partial charge on any atom is 0.254 e. The number of fused-ring (bicyclic) bond motifs is 1. The average Bonchev–Trinajstić information content (AvgIpc) is 2.43. The number of amides is 1. The van der Waals surface area contributed by atoms with E-state index < -0.39 is 0 Å². The van der Waals surface area contributed by atoms with Gasteiger partial charge in [-0.3, -0.25) is 4.79 Å². The Morgan fingerprint density at radius 2 is 1.94 bits per heavy atom. The molecule has 0 atom stereocenters. The third-order valence-electron chi connectivity index (χ3n) is 2.95. The summed E-state index contributed by atoms with van der Waals surface area (Å²) in [7, 11) is 0. The molecule has 0 unspecified atom stereocenters. The second-order valence-electron chi connectivity index (χ2n) is 4.09. The minimum atomic E-state index is -0.0128. The summed E-state index contributed by atoms with van der Waals surface area (Å²) >= 11 is 0. The van der Waals surface area contributed by atoms with Gasteiger partial charge < -0.3 is 4.90 Å². The Bertz CT molecular complexity index is 610. The lowest BCUT2D eigenvalue weighted by atomic mass is 10.1. The van der Waals surface area contributed by atoms with Gasteiger partial charge in [0, 0.05) is 12.1 Å². The minimum Gasteiger partial charge on any atom is -0.328 e. The molecule has 0 saturated heterocycles. The predicted octanol–water partition coefficient (Wildman–Crippen LogP) is 2.94. The van der Waals surface area contributed by atoms with E-state index in [1.54, 1.807) is 4.90 Å². The number of carbonyl (C=O) groups excluding carboxylic acids is 1. The molecule has 0 saturated carbocycles. The number of rotatable bonds is 3. The van der Waals surface area contributed by atoms with E-state index in [2.05, 4.69) is 5.92 Å². The fourth-order valence-electron chi connectivity index (χ4n) is 1.94. The summed E-state index contributed by atoms with van der Waals surface area (Å²) in [4.78, 5) is 13.9. The molecule has 0 aromatic heterocycles. The summed E-state index contributed by atoms with van der Waals surface area (Å²) in [5.74, 6) is 2.50. The van der Waals surface area contributed by atoms with Gasteiger partial charge in [-0.05, 0) is 29.8 Å². The molecule has 0 N–H and O–H groups in total. The second-order valence-corrected chi connectivity index (χ2v) is 4.09. The molecule has 2 heteroatoms. The van der Waals surface area contributed by atoms with Crippen molar-refractivity contribution in [1.82, 2.24) is 4.90 Å². The van der Waals surface area contributed by atoms with Crippen molar-refractivity contribution in [2.75, 3.05) is 13.1 Å². The Hall–Kier alpha value is -2.27. The van der Waals surface area contributed by atoms with Gasteiger partial charge >= 0.3 is 0 Å². The van der Waals surface area contributed by atoms with Gasteiger partial charge in [0.25, 0.3) is 5.91 Å². The molecule has 0 heterocycles. The van der Waals surface area contributed by atoms with Crippen LogP contribution in [0.25, 0.3) is 10.8 Å². The van der Waals surface area contributed by atoms with Gasteiger partial charge in [0.1, 0.15) is 0 Å². The summed E-state index contributed by atoms with van der Waals surface area (Å²) in [6.07, 6.45) is 5.27. The van der Waals surface area contributed by atoms with Crippen molar-refractivity contribution in [3.8, 4) is 12.3 Å². The third-order valence-corrected chi connectivity index (χ3v) is 2.95. The molecule has 0 radical (unpaired) electrons. The zero-order chi connectivity index (χ0) is 13.0. The maximum atomic E-state index is 12.2. The highest BCUT2D eigenvalue weighted by atomic mass is 16.2. The fourth-order valence-corrected chi connectivity index (χ4v) is 1.94. The first-order valence-corrected chi connectivity index (χ1v) is 5.97. The largest absolute Gasteiger partial charge is 0.328 e. The Morgan fingerprint density at radius 1 is 1.22 bits per heavy atom. The standard InChI is InChI=1S/C16H15NO/c1-3-11-17(4-2)16(18)15-10-9-13-7-5-6-8-14(13)12-15/h1,5-10,12H,4,11H2,2H3. The second kappa shape index (κ2) is 5.37. The van der Waals surface area contributed by atoms with Crippen LogP contribution >= 0.6 is 0 Å². The highest BCUT2D eigenvalue weighted by Crippen LogP contribution is 2.16. The summed E-state index contributed by atoms with van der Waals surface area (Å²) in [5.41, 5.74) is 0.686. The van der Waals surface area contributed by atoms with Crippen molar-refractivity contribution in [1.29, 1.82) is 0 Å². The molecule has 1 amide bonds. The van der Waals surface area contributed by atoms with E-state index in [9.17, 15) is 4.79 Å². The van der Waals surface area contributed by atoms with Crippen molar-refractivity contribution < 1.29 is 4.79 Å². The average molecular weight is 237 g/mol. The van der Waals surface area contributed by atoms with E-state index in [-0.39, 0.29) is 5.91 Å². The molecule has 0 aliphatic rings. The Kier molecular flexibility index (Phi) is 3.64. The fraction of sp³-hybridized carbons (Fsp3) is 0.188. The van der Waals surface area contributed by atoms with E-state index in [1.165, 1.54) is 0 Å². The van der Waals surface area contributed by atoms with Gasteiger partial charge in [-0.2, -0.15) is 0 Å². The van der Waals surface area contributed by atoms with Crippen LogP contribution in [0, 0.1) is 12.3 Å². The van der Waals surface area contributed by atoms with Crippen LogP contribution in [0.2, 0.25) is 0 Å². The van der Waals surface area contributed by atoms with Crippen LogP contribution < -0.4 is 0 Å². The molecule has 2 rings (SSSR count). The Balaban J connectivity index is 2.36. The first-order valence-electron chi connectivity index (χ1n) is 5.97. The summed E-state index contributed by atoms with van der Waals surface area (Å²) < 4.78 is 0. The maximum absolute atomic E-state index is 12.2. The van der Waals surface area contributed by atoms with E-state index in [0.29, 0.717) is 18.7 Å². The van der Waals surface area contributed by atoms with Gasteiger partial charge in [-0.15, -0.1) is 6.42 Å². The highest BCUT2D eigenvalue weighted by Gasteiger charge is 2.13. The molecule has 18 heavy (non-hydrogen) atoms. The lowest BCUT2D eigenvalue weighted by molar-refractivity contribution is 0.0785. The Morgan fingerprint density at radius 3 is 2.61 bits per heavy atom. The number of carbonyl (C=O) groups is 1. The lowest BCUT2D eigenvalue weighted by Crippen LogP contribution is -2.31. The molecular formula is C16H15NO. The number of hydrogen-bond acceptors (Lipinski definition) is 1. The first-order chi connectivity index (χ1) is 8.76. The highest BCUT2D eigenvalue weighted by molar-refractivity contribution is 5.98. The molecule has 2 nitrogen and oxygen atoms in total. The van der Waals surface area contributed by atoms with Crippen LogP contribution in [0.5, 0.6) is 0 Å². The number of terminal acetylenes is 1. The van der Waals surface area contributed by atoms with E-state index in [0.717, 1.165) is 10.8 Å². The van der Waals surface area contributed by atoms with Crippen LogP contribution in [0.3, 0.4) is 0 Å². The van der Waals surface area contributed by atoms with Crippen LogP contribution in [0.15, 0.2) is 42.5 Å². The van der Waals surface area contributed by atoms with Crippen molar-refractivity contribution in [2.24, 2.45) is 0 Å². The summed E-state index contributed by atoms with van der Waals surface area (Å²) in [6.45, 7) is 2.90. The van der Waals surface area contributed by atoms with E-state index >= 15 is 0 Å². The van der Waals surface area contributed by atoms with Gasteiger partial charge in [-0.1, -0.05) is 36.3 Å². The van der Waals surface area contributed by atoms with E-state index in [4.69, 9.17) is 6.42 Å². The van der Waals surface area contributed by atoms with Crippen LogP contribution in [-0.4, -0.2) is 23.9 Å². The number of nitrogens with zero attached hydrogens (tertiary/aromatic N) is 1. The first kappa shape index (κ1) is 12.2. The molecule has 2 aromatic carbocycles. The van der Waals surface area contributed by atoms with Crippen molar-refractivity contribution >= 4 is 16.7 Å².